The van der Waals surface area contributed by atoms with Crippen LogP contribution >= 0.6 is 0 Å². The van der Waals surface area contributed by atoms with Gasteiger partial charge in [-0.05, 0) is 24.1 Å². The molecule has 5 nitrogen and oxygen atoms in total. The van der Waals surface area contributed by atoms with Gasteiger partial charge in [-0.1, -0.05) is 12.1 Å². The third-order valence-electron chi connectivity index (χ3n) is 2.66. The number of ether oxygens (including phenoxy) is 1. The second kappa shape index (κ2) is 4.64. The van der Waals surface area contributed by atoms with Crippen LogP contribution in [0, 0.1) is 6.92 Å². The third-order valence-corrected chi connectivity index (χ3v) is 4.22. The molecule has 0 amide bonds. The molecule has 0 spiro atoms. The van der Waals surface area contributed by atoms with Crippen molar-refractivity contribution in [2.75, 3.05) is 20.2 Å². The lowest BCUT2D eigenvalue weighted by atomic mass is 10.1. The minimum atomic E-state index is -3.26. The molecule has 0 atom stereocenters. The van der Waals surface area contributed by atoms with Crippen molar-refractivity contribution in [3.63, 3.8) is 0 Å². The van der Waals surface area contributed by atoms with Crippen LogP contribution < -0.4 is 9.46 Å². The topological polar surface area (TPSA) is 58.4 Å². The molecule has 1 aromatic carbocycles. The normalized spacial score (nSPS) is 15.9. The molecule has 0 unspecified atom stereocenters. The molecular formula is C11H16N2O3S. The van der Waals surface area contributed by atoms with Gasteiger partial charge in [0.25, 0.3) is 10.2 Å². The van der Waals surface area contributed by atoms with Gasteiger partial charge in [0, 0.05) is 19.6 Å². The standard InChI is InChI=1S/C11H16N2O3S/c1-9-7-10(3-4-11(9)16-2)8-12-17(14,15)13-5-6-13/h3-4,7,12H,5-6,8H2,1-2H3. The van der Waals surface area contributed by atoms with Crippen LogP contribution in [0.1, 0.15) is 11.1 Å². The maximum atomic E-state index is 11.6. The maximum Gasteiger partial charge on any atom is 0.279 e. The lowest BCUT2D eigenvalue weighted by Crippen LogP contribution is -2.29. The predicted molar refractivity (Wildman–Crippen MR) is 65.1 cm³/mol. The van der Waals surface area contributed by atoms with E-state index in [0.717, 1.165) is 16.9 Å². The van der Waals surface area contributed by atoms with Crippen molar-refractivity contribution in [3.05, 3.63) is 29.3 Å². The Morgan fingerprint density at radius 3 is 2.65 bits per heavy atom. The Balaban J connectivity index is 2.02. The van der Waals surface area contributed by atoms with E-state index >= 15 is 0 Å². The minimum absolute atomic E-state index is 0.309. The molecule has 0 radical (unpaired) electrons. The monoisotopic (exact) mass is 256 g/mol. The fourth-order valence-electron chi connectivity index (χ4n) is 1.60. The molecule has 0 saturated carbocycles. The molecule has 1 fully saturated rings. The first-order chi connectivity index (χ1) is 8.03. The molecule has 1 heterocycles. The molecule has 17 heavy (non-hydrogen) atoms. The average molecular weight is 256 g/mol. The van der Waals surface area contributed by atoms with Gasteiger partial charge in [-0.2, -0.15) is 17.4 Å². The molecule has 1 aliphatic heterocycles. The van der Waals surface area contributed by atoms with Crippen molar-refractivity contribution in [2.24, 2.45) is 0 Å². The number of aryl methyl sites for hydroxylation is 1. The number of hydrogen-bond donors (Lipinski definition) is 1. The molecule has 2 rings (SSSR count). The zero-order valence-corrected chi connectivity index (χ0v) is 10.8. The maximum absolute atomic E-state index is 11.6. The number of rotatable bonds is 5. The van der Waals surface area contributed by atoms with Crippen LogP contribution in [-0.2, 0) is 16.8 Å². The van der Waals surface area contributed by atoms with Gasteiger partial charge >= 0.3 is 0 Å². The highest BCUT2D eigenvalue weighted by Crippen LogP contribution is 2.18. The summed E-state index contributed by atoms with van der Waals surface area (Å²) in [5, 5.41) is 0. The second-order valence-electron chi connectivity index (χ2n) is 4.03. The number of nitrogens with one attached hydrogen (secondary N) is 1. The molecule has 6 heteroatoms. The molecule has 1 N–H and O–H groups in total. The van der Waals surface area contributed by atoms with E-state index in [1.807, 2.05) is 25.1 Å². The molecule has 1 aliphatic rings. The van der Waals surface area contributed by atoms with Crippen LogP contribution in [0.4, 0.5) is 0 Å². The SMILES string of the molecule is COc1ccc(CNS(=O)(=O)N2CC2)cc1C. The van der Waals surface area contributed by atoms with Crippen LogP contribution in [0.3, 0.4) is 0 Å². The van der Waals surface area contributed by atoms with Gasteiger partial charge in [0.15, 0.2) is 0 Å². The Hall–Kier alpha value is -1.11. The first-order valence-corrected chi connectivity index (χ1v) is 6.85. The Bertz CT molecular complexity index is 509. The summed E-state index contributed by atoms with van der Waals surface area (Å²) in [5.74, 6) is 0.808. The zero-order valence-electron chi connectivity index (χ0n) is 9.93. The third kappa shape index (κ3) is 2.96. The van der Waals surface area contributed by atoms with E-state index in [1.54, 1.807) is 7.11 Å². The first-order valence-electron chi connectivity index (χ1n) is 5.41. The molecule has 1 aromatic rings. The van der Waals surface area contributed by atoms with E-state index in [4.69, 9.17) is 4.74 Å². The van der Waals surface area contributed by atoms with Crippen LogP contribution in [0.5, 0.6) is 5.75 Å². The van der Waals surface area contributed by atoms with E-state index < -0.39 is 10.2 Å². The van der Waals surface area contributed by atoms with Crippen molar-refractivity contribution in [1.82, 2.24) is 9.03 Å². The quantitative estimate of drug-likeness (QED) is 0.787. The summed E-state index contributed by atoms with van der Waals surface area (Å²) in [5.41, 5.74) is 1.92. The fourth-order valence-corrected chi connectivity index (χ4v) is 2.69. The summed E-state index contributed by atoms with van der Waals surface area (Å²) in [4.78, 5) is 0. The van der Waals surface area contributed by atoms with E-state index in [2.05, 4.69) is 4.72 Å². The number of methoxy groups -OCH3 is 1. The Morgan fingerprint density at radius 1 is 1.41 bits per heavy atom. The molecule has 0 bridgehead atoms. The molecule has 94 valence electrons. The summed E-state index contributed by atoms with van der Waals surface area (Å²) >= 11 is 0. The Morgan fingerprint density at radius 2 is 2.12 bits per heavy atom. The van der Waals surface area contributed by atoms with Crippen molar-refractivity contribution in [2.45, 2.75) is 13.5 Å². The van der Waals surface area contributed by atoms with Gasteiger partial charge in [-0.15, -0.1) is 0 Å². The smallest absolute Gasteiger partial charge is 0.279 e. The van der Waals surface area contributed by atoms with Gasteiger partial charge < -0.3 is 4.74 Å². The van der Waals surface area contributed by atoms with Crippen molar-refractivity contribution >= 4 is 10.2 Å². The predicted octanol–water partition coefficient (Wildman–Crippen LogP) is 0.654. The summed E-state index contributed by atoms with van der Waals surface area (Å²) < 4.78 is 32.2. The number of nitrogens with zero attached hydrogens (tertiary/aromatic N) is 1. The van der Waals surface area contributed by atoms with Crippen molar-refractivity contribution in [1.29, 1.82) is 0 Å². The fraction of sp³-hybridized carbons (Fsp3) is 0.455. The van der Waals surface area contributed by atoms with Gasteiger partial charge in [-0.3, -0.25) is 0 Å². The highest BCUT2D eigenvalue weighted by Gasteiger charge is 2.31. The van der Waals surface area contributed by atoms with Gasteiger partial charge in [0.1, 0.15) is 5.75 Å². The first kappa shape index (κ1) is 12.3. The van der Waals surface area contributed by atoms with Gasteiger partial charge in [0.2, 0.25) is 0 Å². The van der Waals surface area contributed by atoms with Crippen LogP contribution in [-0.4, -0.2) is 32.9 Å². The minimum Gasteiger partial charge on any atom is -0.496 e. The summed E-state index contributed by atoms with van der Waals surface area (Å²) in [6.07, 6.45) is 0. The lowest BCUT2D eigenvalue weighted by Gasteiger charge is -2.09. The lowest BCUT2D eigenvalue weighted by molar-refractivity contribution is 0.411. The molecule has 1 saturated heterocycles. The van der Waals surface area contributed by atoms with E-state index in [-0.39, 0.29) is 0 Å². The number of hydrogen-bond acceptors (Lipinski definition) is 3. The van der Waals surface area contributed by atoms with Gasteiger partial charge in [0.05, 0.1) is 7.11 Å². The van der Waals surface area contributed by atoms with E-state index in [0.29, 0.717) is 19.6 Å². The largest absolute Gasteiger partial charge is 0.496 e. The highest BCUT2D eigenvalue weighted by molar-refractivity contribution is 7.87. The van der Waals surface area contributed by atoms with Crippen LogP contribution in [0.2, 0.25) is 0 Å². The van der Waals surface area contributed by atoms with Crippen molar-refractivity contribution < 1.29 is 13.2 Å². The zero-order chi connectivity index (χ0) is 12.5. The highest BCUT2D eigenvalue weighted by atomic mass is 32.2. The van der Waals surface area contributed by atoms with Crippen LogP contribution in [0.15, 0.2) is 18.2 Å². The van der Waals surface area contributed by atoms with Crippen LogP contribution in [0.25, 0.3) is 0 Å². The van der Waals surface area contributed by atoms with Gasteiger partial charge in [-0.25, -0.2) is 0 Å². The van der Waals surface area contributed by atoms with E-state index in [9.17, 15) is 8.42 Å². The summed E-state index contributed by atoms with van der Waals surface area (Å²) in [6, 6.07) is 5.62. The Kier molecular flexibility index (Phi) is 3.37. The summed E-state index contributed by atoms with van der Waals surface area (Å²) in [7, 11) is -1.65. The Labute approximate surface area is 102 Å². The molecular weight excluding hydrogens is 240 g/mol. The second-order valence-corrected chi connectivity index (χ2v) is 5.78. The van der Waals surface area contributed by atoms with Crippen molar-refractivity contribution in [3.8, 4) is 5.75 Å². The molecule has 0 aliphatic carbocycles. The average Bonchev–Trinajstić information content (AvgIpc) is 3.11. The van der Waals surface area contributed by atoms with E-state index in [1.165, 1.54) is 4.31 Å². The molecule has 0 aromatic heterocycles. The summed E-state index contributed by atoms with van der Waals surface area (Å²) in [6.45, 7) is 3.48. The number of benzene rings is 1.